The zero-order valence-electron chi connectivity index (χ0n) is 9.31. The zero-order chi connectivity index (χ0) is 11.1. The smallest absolute Gasteiger partial charge is 0.0717 e. The van der Waals surface area contributed by atoms with Crippen molar-refractivity contribution in [3.8, 4) is 0 Å². The molecule has 0 bridgehead atoms. The van der Waals surface area contributed by atoms with Crippen molar-refractivity contribution in [3.05, 3.63) is 35.9 Å². The second-order valence-corrected chi connectivity index (χ2v) is 3.98. The molecule has 0 aliphatic carbocycles. The van der Waals surface area contributed by atoms with Gasteiger partial charge in [-0.2, -0.15) is 5.48 Å². The van der Waals surface area contributed by atoms with Gasteiger partial charge in [0.05, 0.1) is 19.3 Å². The Labute approximate surface area is 91.0 Å². The average molecular weight is 209 g/mol. The van der Waals surface area contributed by atoms with E-state index in [1.807, 2.05) is 44.2 Å². The van der Waals surface area contributed by atoms with Crippen molar-refractivity contribution in [3.63, 3.8) is 0 Å². The molecule has 0 spiro atoms. The third kappa shape index (κ3) is 4.42. The van der Waals surface area contributed by atoms with Gasteiger partial charge in [-0.25, -0.2) is 0 Å². The highest BCUT2D eigenvalue weighted by Gasteiger charge is 2.11. The highest BCUT2D eigenvalue weighted by atomic mass is 16.5. The lowest BCUT2D eigenvalue weighted by Gasteiger charge is -2.18. The van der Waals surface area contributed by atoms with Crippen LogP contribution in [0.25, 0.3) is 0 Å². The van der Waals surface area contributed by atoms with Crippen LogP contribution in [0, 0.1) is 5.92 Å². The molecule has 1 atom stereocenters. The predicted octanol–water partition coefficient (Wildman–Crippen LogP) is 2.21. The summed E-state index contributed by atoms with van der Waals surface area (Å²) < 4.78 is 5.51. The molecule has 84 valence electrons. The molecule has 0 radical (unpaired) electrons. The number of hydrogen-bond donors (Lipinski definition) is 2. The molecule has 3 nitrogen and oxygen atoms in total. The summed E-state index contributed by atoms with van der Waals surface area (Å²) in [7, 11) is 0. The van der Waals surface area contributed by atoms with Gasteiger partial charge in [-0.05, 0) is 11.5 Å². The van der Waals surface area contributed by atoms with E-state index in [0.29, 0.717) is 19.1 Å². The van der Waals surface area contributed by atoms with E-state index < -0.39 is 0 Å². The predicted molar refractivity (Wildman–Crippen MR) is 59.6 cm³/mol. The minimum absolute atomic E-state index is 0.00582. The van der Waals surface area contributed by atoms with Crippen LogP contribution in [0.2, 0.25) is 0 Å². The van der Waals surface area contributed by atoms with Crippen molar-refractivity contribution < 1.29 is 9.94 Å². The topological polar surface area (TPSA) is 41.5 Å². The second-order valence-electron chi connectivity index (χ2n) is 3.98. The number of ether oxygens (including phenoxy) is 1. The molecule has 0 saturated carbocycles. The van der Waals surface area contributed by atoms with Gasteiger partial charge in [0.25, 0.3) is 0 Å². The highest BCUT2D eigenvalue weighted by molar-refractivity contribution is 5.13. The molecule has 1 aromatic carbocycles. The molecule has 0 aliphatic rings. The number of benzene rings is 1. The summed E-state index contributed by atoms with van der Waals surface area (Å²) >= 11 is 0. The molecule has 1 rings (SSSR count). The van der Waals surface area contributed by atoms with Crippen molar-refractivity contribution in [1.82, 2.24) is 5.48 Å². The maximum atomic E-state index is 8.86. The average Bonchev–Trinajstić information content (AvgIpc) is 2.25. The minimum Gasteiger partial charge on any atom is -0.375 e. The lowest BCUT2D eigenvalue weighted by atomic mass is 10.1. The Morgan fingerprint density at radius 2 is 1.93 bits per heavy atom. The fourth-order valence-corrected chi connectivity index (χ4v) is 1.26. The van der Waals surface area contributed by atoms with Crippen molar-refractivity contribution in [2.45, 2.75) is 26.5 Å². The molecule has 0 saturated heterocycles. The Bertz CT molecular complexity index is 262. The molecule has 0 aliphatic heterocycles. The van der Waals surface area contributed by atoms with E-state index >= 15 is 0 Å². The largest absolute Gasteiger partial charge is 0.375 e. The van der Waals surface area contributed by atoms with Crippen LogP contribution in [0.5, 0.6) is 0 Å². The molecular formula is C12H19NO2. The van der Waals surface area contributed by atoms with Crippen LogP contribution >= 0.6 is 0 Å². The number of rotatable bonds is 6. The summed E-state index contributed by atoms with van der Waals surface area (Å²) in [6.07, 6.45) is 0. The van der Waals surface area contributed by atoms with Gasteiger partial charge in [0, 0.05) is 0 Å². The Hall–Kier alpha value is -0.900. The van der Waals surface area contributed by atoms with Crippen LogP contribution in [0.3, 0.4) is 0 Å². The van der Waals surface area contributed by atoms with Crippen LogP contribution in [0.15, 0.2) is 30.3 Å². The van der Waals surface area contributed by atoms with Crippen LogP contribution < -0.4 is 5.48 Å². The molecule has 1 aromatic rings. The minimum atomic E-state index is -0.00582. The first-order valence-electron chi connectivity index (χ1n) is 5.25. The van der Waals surface area contributed by atoms with E-state index in [4.69, 9.17) is 9.94 Å². The standard InChI is InChI=1S/C12H19NO2/c1-10(2)12(13-14)9-15-8-11-6-4-3-5-7-11/h3-7,10,12-14H,8-9H2,1-2H3/t12-/m0/s1. The van der Waals surface area contributed by atoms with E-state index in [0.717, 1.165) is 5.56 Å². The summed E-state index contributed by atoms with van der Waals surface area (Å²) in [6, 6.07) is 10.0. The molecular weight excluding hydrogens is 190 g/mol. The summed E-state index contributed by atoms with van der Waals surface area (Å²) in [5.74, 6) is 0.353. The quantitative estimate of drug-likeness (QED) is 0.706. The fraction of sp³-hybridized carbons (Fsp3) is 0.500. The normalized spacial score (nSPS) is 13.1. The molecule has 0 unspecified atom stereocenters. The van der Waals surface area contributed by atoms with E-state index in [9.17, 15) is 0 Å². The summed E-state index contributed by atoms with van der Waals surface area (Å²) in [5, 5.41) is 8.86. The van der Waals surface area contributed by atoms with Gasteiger partial charge < -0.3 is 9.94 Å². The summed E-state index contributed by atoms with van der Waals surface area (Å²) in [5.41, 5.74) is 3.41. The van der Waals surface area contributed by atoms with Gasteiger partial charge in [0.15, 0.2) is 0 Å². The van der Waals surface area contributed by atoms with Crippen molar-refractivity contribution in [2.75, 3.05) is 6.61 Å². The molecule has 3 heteroatoms. The van der Waals surface area contributed by atoms with E-state index in [2.05, 4.69) is 5.48 Å². The molecule has 15 heavy (non-hydrogen) atoms. The zero-order valence-corrected chi connectivity index (χ0v) is 9.31. The molecule has 0 heterocycles. The third-order valence-corrected chi connectivity index (χ3v) is 2.38. The van der Waals surface area contributed by atoms with Gasteiger partial charge >= 0.3 is 0 Å². The van der Waals surface area contributed by atoms with Crippen LogP contribution in [0.4, 0.5) is 0 Å². The maximum absolute atomic E-state index is 8.86. The Morgan fingerprint density at radius 1 is 1.27 bits per heavy atom. The van der Waals surface area contributed by atoms with Gasteiger partial charge in [0.1, 0.15) is 0 Å². The van der Waals surface area contributed by atoms with Crippen molar-refractivity contribution in [1.29, 1.82) is 0 Å². The molecule has 0 amide bonds. The van der Waals surface area contributed by atoms with Crippen LogP contribution in [-0.4, -0.2) is 17.9 Å². The van der Waals surface area contributed by atoms with Crippen LogP contribution in [-0.2, 0) is 11.3 Å². The summed E-state index contributed by atoms with van der Waals surface area (Å²) in [6.45, 7) is 5.19. The van der Waals surface area contributed by atoms with E-state index in [1.165, 1.54) is 0 Å². The Balaban J connectivity index is 2.27. The lowest BCUT2D eigenvalue weighted by molar-refractivity contribution is 0.0261. The number of nitrogens with one attached hydrogen (secondary N) is 1. The van der Waals surface area contributed by atoms with Crippen molar-refractivity contribution >= 4 is 0 Å². The van der Waals surface area contributed by atoms with Gasteiger partial charge in [-0.3, -0.25) is 0 Å². The maximum Gasteiger partial charge on any atom is 0.0717 e. The molecule has 0 aromatic heterocycles. The monoisotopic (exact) mass is 209 g/mol. The Kier molecular flexibility index (Phi) is 5.32. The second kappa shape index (κ2) is 6.56. The first-order chi connectivity index (χ1) is 7.24. The Morgan fingerprint density at radius 3 is 2.47 bits per heavy atom. The first kappa shape index (κ1) is 12.2. The van der Waals surface area contributed by atoms with Crippen molar-refractivity contribution in [2.24, 2.45) is 5.92 Å². The fourth-order valence-electron chi connectivity index (χ4n) is 1.26. The first-order valence-corrected chi connectivity index (χ1v) is 5.25. The van der Waals surface area contributed by atoms with Gasteiger partial charge in [-0.1, -0.05) is 44.2 Å². The molecule has 2 N–H and O–H groups in total. The lowest BCUT2D eigenvalue weighted by Crippen LogP contribution is -2.35. The third-order valence-electron chi connectivity index (χ3n) is 2.38. The highest BCUT2D eigenvalue weighted by Crippen LogP contribution is 2.04. The SMILES string of the molecule is CC(C)[C@H](COCc1ccccc1)NO. The molecule has 0 fully saturated rings. The number of hydroxylamine groups is 1. The summed E-state index contributed by atoms with van der Waals surface area (Å²) in [4.78, 5) is 0. The van der Waals surface area contributed by atoms with Gasteiger partial charge in [0.2, 0.25) is 0 Å². The van der Waals surface area contributed by atoms with E-state index in [1.54, 1.807) is 0 Å². The van der Waals surface area contributed by atoms with E-state index in [-0.39, 0.29) is 6.04 Å². The van der Waals surface area contributed by atoms with Crippen LogP contribution in [0.1, 0.15) is 19.4 Å². The number of hydrogen-bond acceptors (Lipinski definition) is 3. The van der Waals surface area contributed by atoms with Gasteiger partial charge in [-0.15, -0.1) is 0 Å².